The highest BCUT2D eigenvalue weighted by atomic mass is 35.5. The number of halogens is 1. The van der Waals surface area contributed by atoms with Crippen LogP contribution in [0, 0.1) is 13.8 Å². The average Bonchev–Trinajstić information content (AvgIpc) is 2.84. The summed E-state index contributed by atoms with van der Waals surface area (Å²) in [4.78, 5) is 12.7. The summed E-state index contributed by atoms with van der Waals surface area (Å²) in [5.41, 5.74) is 5.41. The van der Waals surface area contributed by atoms with E-state index in [1.165, 1.54) is 11.1 Å². The number of fused-ring (bicyclic) bond motifs is 1. The highest BCUT2D eigenvalue weighted by Gasteiger charge is 2.39. The molecule has 0 aliphatic carbocycles. The van der Waals surface area contributed by atoms with E-state index in [2.05, 4.69) is 17.6 Å². The van der Waals surface area contributed by atoms with Gasteiger partial charge in [0.25, 0.3) is 0 Å². The summed E-state index contributed by atoms with van der Waals surface area (Å²) >= 11 is 5.91. The standard InChI is InChI=1S/C18H15ClN2O2/c1-9-7-13-14(8-10(9)2)21-18-15(20-13)16(22)17(23-18)11-3-5-12(19)6-4-11/h3-8,17,20-21H,1-2H3/t17-/m1/s1. The van der Waals surface area contributed by atoms with Crippen LogP contribution in [0.1, 0.15) is 22.8 Å². The Bertz CT molecular complexity index is 856. The van der Waals surface area contributed by atoms with Crippen molar-refractivity contribution >= 4 is 28.8 Å². The topological polar surface area (TPSA) is 50.4 Å². The van der Waals surface area contributed by atoms with Crippen molar-refractivity contribution in [3.63, 3.8) is 0 Å². The summed E-state index contributed by atoms with van der Waals surface area (Å²) < 4.78 is 5.84. The van der Waals surface area contributed by atoms with E-state index < -0.39 is 6.10 Å². The van der Waals surface area contributed by atoms with Gasteiger partial charge in [0.05, 0.1) is 11.4 Å². The van der Waals surface area contributed by atoms with Crippen LogP contribution in [0.5, 0.6) is 0 Å². The quantitative estimate of drug-likeness (QED) is 0.820. The highest BCUT2D eigenvalue weighted by molar-refractivity contribution is 6.30. The molecule has 0 saturated heterocycles. The van der Waals surface area contributed by atoms with Crippen LogP contribution < -0.4 is 10.6 Å². The Morgan fingerprint density at radius 2 is 1.61 bits per heavy atom. The molecule has 2 N–H and O–H groups in total. The summed E-state index contributed by atoms with van der Waals surface area (Å²) in [6, 6.07) is 11.2. The number of ether oxygens (including phenoxy) is 1. The average molecular weight is 327 g/mol. The number of carbonyl (C=O) groups excluding carboxylic acids is 1. The number of Topliss-reactive ketones (excluding diaryl/α,β-unsaturated/α-hetero) is 1. The molecular formula is C18H15ClN2O2. The Hall–Kier alpha value is -2.46. The number of hydrogen-bond donors (Lipinski definition) is 2. The zero-order valence-corrected chi connectivity index (χ0v) is 13.5. The number of ketones is 1. The molecule has 2 aliphatic rings. The first-order valence-electron chi connectivity index (χ1n) is 7.39. The van der Waals surface area contributed by atoms with E-state index in [4.69, 9.17) is 16.3 Å². The second kappa shape index (κ2) is 5.03. The van der Waals surface area contributed by atoms with Gasteiger partial charge < -0.3 is 15.4 Å². The van der Waals surface area contributed by atoms with Crippen molar-refractivity contribution in [1.82, 2.24) is 0 Å². The van der Waals surface area contributed by atoms with Crippen molar-refractivity contribution in [2.24, 2.45) is 0 Å². The maximum atomic E-state index is 12.7. The van der Waals surface area contributed by atoms with Crippen LogP contribution >= 0.6 is 11.6 Å². The van der Waals surface area contributed by atoms with Gasteiger partial charge in [0.1, 0.15) is 5.70 Å². The number of benzene rings is 2. The van der Waals surface area contributed by atoms with Crippen LogP contribution in [0.4, 0.5) is 11.4 Å². The molecule has 5 heteroatoms. The van der Waals surface area contributed by atoms with E-state index in [-0.39, 0.29) is 5.78 Å². The lowest BCUT2D eigenvalue weighted by Gasteiger charge is -2.21. The van der Waals surface area contributed by atoms with Gasteiger partial charge in [-0.05, 0) is 49.2 Å². The monoisotopic (exact) mass is 326 g/mol. The molecule has 116 valence electrons. The normalized spacial score (nSPS) is 18.7. The molecule has 2 aromatic rings. The molecule has 0 amide bonds. The van der Waals surface area contributed by atoms with Gasteiger partial charge in [-0.3, -0.25) is 4.79 Å². The van der Waals surface area contributed by atoms with Crippen LogP contribution in [-0.4, -0.2) is 5.78 Å². The predicted molar refractivity (Wildman–Crippen MR) is 90.5 cm³/mol. The van der Waals surface area contributed by atoms with Crippen LogP contribution in [-0.2, 0) is 9.53 Å². The first-order valence-corrected chi connectivity index (χ1v) is 7.76. The Labute approximate surface area is 139 Å². The molecule has 0 saturated carbocycles. The fourth-order valence-corrected chi connectivity index (χ4v) is 2.95. The van der Waals surface area contributed by atoms with Crippen LogP contribution in [0.3, 0.4) is 0 Å². The molecule has 2 aromatic carbocycles. The number of hydrogen-bond acceptors (Lipinski definition) is 4. The molecule has 0 fully saturated rings. The van der Waals surface area contributed by atoms with E-state index >= 15 is 0 Å². The van der Waals surface area contributed by atoms with Gasteiger partial charge in [-0.25, -0.2) is 0 Å². The van der Waals surface area contributed by atoms with Gasteiger partial charge in [0, 0.05) is 10.6 Å². The second-order valence-electron chi connectivity index (χ2n) is 5.85. The summed E-state index contributed by atoms with van der Waals surface area (Å²) in [6.45, 7) is 4.10. The first-order chi connectivity index (χ1) is 11.0. The second-order valence-corrected chi connectivity index (χ2v) is 6.29. The molecule has 0 spiro atoms. The molecule has 0 aromatic heterocycles. The van der Waals surface area contributed by atoms with Crippen molar-refractivity contribution in [2.45, 2.75) is 20.0 Å². The van der Waals surface area contributed by atoms with Crippen LogP contribution in [0.2, 0.25) is 5.02 Å². The summed E-state index contributed by atoms with van der Waals surface area (Å²) in [5, 5.41) is 7.05. The van der Waals surface area contributed by atoms with Gasteiger partial charge in [0.2, 0.25) is 11.7 Å². The largest absolute Gasteiger partial charge is 0.461 e. The Morgan fingerprint density at radius 3 is 2.26 bits per heavy atom. The Kier molecular flexibility index (Phi) is 3.10. The van der Waals surface area contributed by atoms with E-state index in [0.717, 1.165) is 16.9 Å². The minimum absolute atomic E-state index is 0.0845. The van der Waals surface area contributed by atoms with E-state index in [0.29, 0.717) is 16.6 Å². The third-order valence-electron chi connectivity index (χ3n) is 4.26. The molecule has 2 aliphatic heterocycles. The van der Waals surface area contributed by atoms with Crippen LogP contribution in [0.15, 0.2) is 48.0 Å². The number of anilines is 2. The fraction of sp³-hybridized carbons (Fsp3) is 0.167. The van der Waals surface area contributed by atoms with Gasteiger partial charge in [-0.2, -0.15) is 0 Å². The predicted octanol–water partition coefficient (Wildman–Crippen LogP) is 4.30. The van der Waals surface area contributed by atoms with E-state index in [9.17, 15) is 4.79 Å². The maximum absolute atomic E-state index is 12.7. The third-order valence-corrected chi connectivity index (χ3v) is 4.51. The lowest BCUT2D eigenvalue weighted by molar-refractivity contribution is -0.121. The molecular weight excluding hydrogens is 312 g/mol. The Morgan fingerprint density at radius 1 is 1.00 bits per heavy atom. The summed E-state index contributed by atoms with van der Waals surface area (Å²) in [7, 11) is 0. The summed E-state index contributed by atoms with van der Waals surface area (Å²) in [6.07, 6.45) is -0.645. The molecule has 4 nitrogen and oxygen atoms in total. The zero-order valence-electron chi connectivity index (χ0n) is 12.7. The Balaban J connectivity index is 1.66. The van der Waals surface area contributed by atoms with Crippen molar-refractivity contribution in [3.8, 4) is 0 Å². The molecule has 2 heterocycles. The smallest absolute Gasteiger partial charge is 0.229 e. The number of nitrogens with one attached hydrogen (secondary N) is 2. The van der Waals surface area contributed by atoms with Gasteiger partial charge in [-0.15, -0.1) is 0 Å². The molecule has 0 bridgehead atoms. The lowest BCUT2D eigenvalue weighted by Crippen LogP contribution is -2.18. The molecule has 0 unspecified atom stereocenters. The SMILES string of the molecule is Cc1cc2c(cc1C)NC1=C(N2)O[C@H](c2ccc(Cl)cc2)C1=O. The highest BCUT2D eigenvalue weighted by Crippen LogP contribution is 2.40. The lowest BCUT2D eigenvalue weighted by atomic mass is 10.0. The zero-order chi connectivity index (χ0) is 16.1. The van der Waals surface area contributed by atoms with Crippen molar-refractivity contribution in [2.75, 3.05) is 10.6 Å². The molecule has 0 radical (unpaired) electrons. The van der Waals surface area contributed by atoms with Crippen molar-refractivity contribution in [3.05, 3.63) is 69.7 Å². The number of aryl methyl sites for hydroxylation is 2. The van der Waals surface area contributed by atoms with Crippen molar-refractivity contribution in [1.29, 1.82) is 0 Å². The third kappa shape index (κ3) is 2.26. The molecule has 23 heavy (non-hydrogen) atoms. The number of rotatable bonds is 1. The van der Waals surface area contributed by atoms with Gasteiger partial charge in [-0.1, -0.05) is 23.7 Å². The van der Waals surface area contributed by atoms with E-state index in [1.54, 1.807) is 12.1 Å². The van der Waals surface area contributed by atoms with Crippen LogP contribution in [0.25, 0.3) is 0 Å². The van der Waals surface area contributed by atoms with Crippen molar-refractivity contribution < 1.29 is 9.53 Å². The minimum Gasteiger partial charge on any atom is -0.461 e. The number of carbonyl (C=O) groups is 1. The van der Waals surface area contributed by atoms with E-state index in [1.807, 2.05) is 31.2 Å². The molecule has 1 atom stereocenters. The van der Waals surface area contributed by atoms with Gasteiger partial charge >= 0.3 is 0 Å². The first kappa shape index (κ1) is 14.2. The molecule has 4 rings (SSSR count). The maximum Gasteiger partial charge on any atom is 0.229 e. The minimum atomic E-state index is -0.645. The van der Waals surface area contributed by atoms with Gasteiger partial charge in [0.15, 0.2) is 6.10 Å². The fourth-order valence-electron chi connectivity index (χ4n) is 2.82. The summed E-state index contributed by atoms with van der Waals surface area (Å²) in [5.74, 6) is 0.393.